The van der Waals surface area contributed by atoms with Crippen LogP contribution in [0.4, 0.5) is 0 Å². The number of hydrogen-bond donors (Lipinski definition) is 0. The predicted octanol–water partition coefficient (Wildman–Crippen LogP) is 3.65. The van der Waals surface area contributed by atoms with Gasteiger partial charge < -0.3 is 0 Å². The molecule has 1 aromatic heterocycles. The Morgan fingerprint density at radius 1 is 0.857 bits per heavy atom. The zero-order valence-electron chi connectivity index (χ0n) is 8.16. The summed E-state index contributed by atoms with van der Waals surface area (Å²) in [5.74, 6) is 0. The number of nitrogens with zero attached hydrogens (tertiary/aromatic N) is 1. The monoisotopic (exact) mass is 183 g/mol. The molecule has 0 aliphatic rings. The van der Waals surface area contributed by atoms with E-state index in [2.05, 4.69) is 31.3 Å². The minimum absolute atomic E-state index is 0.820. The standard InChI is InChI=1S/C13H13N/c1-5-10-9-14-13(8-4)12(7-3)11(10)6-2/h5-9H,1-4H2. The maximum absolute atomic E-state index is 4.24. The molecule has 0 spiro atoms. The van der Waals surface area contributed by atoms with Crippen molar-refractivity contribution in [2.24, 2.45) is 0 Å². The van der Waals surface area contributed by atoms with E-state index in [0.717, 1.165) is 22.4 Å². The number of hydrogen-bond acceptors (Lipinski definition) is 1. The van der Waals surface area contributed by atoms with Crippen LogP contribution in [-0.2, 0) is 0 Å². The Morgan fingerprint density at radius 2 is 1.50 bits per heavy atom. The molecule has 70 valence electrons. The molecular weight excluding hydrogens is 170 g/mol. The van der Waals surface area contributed by atoms with Gasteiger partial charge in [0.2, 0.25) is 0 Å². The van der Waals surface area contributed by atoms with Gasteiger partial charge >= 0.3 is 0 Å². The zero-order valence-corrected chi connectivity index (χ0v) is 8.16. The van der Waals surface area contributed by atoms with Gasteiger partial charge in [0.1, 0.15) is 0 Å². The third-order valence-corrected chi connectivity index (χ3v) is 2.04. The Kier molecular flexibility index (Phi) is 3.19. The molecule has 0 N–H and O–H groups in total. The number of pyridine rings is 1. The van der Waals surface area contributed by atoms with Crippen molar-refractivity contribution in [3.8, 4) is 0 Å². The van der Waals surface area contributed by atoms with Gasteiger partial charge in [-0.05, 0) is 11.6 Å². The maximum atomic E-state index is 4.24. The van der Waals surface area contributed by atoms with Gasteiger partial charge in [-0.25, -0.2) is 0 Å². The van der Waals surface area contributed by atoms with Gasteiger partial charge in [-0.15, -0.1) is 0 Å². The lowest BCUT2D eigenvalue weighted by Crippen LogP contribution is -1.93. The first-order chi connectivity index (χ1) is 6.78. The molecule has 1 rings (SSSR count). The second kappa shape index (κ2) is 4.38. The smallest absolute Gasteiger partial charge is 0.0702 e. The van der Waals surface area contributed by atoms with Crippen molar-refractivity contribution in [2.45, 2.75) is 0 Å². The van der Waals surface area contributed by atoms with E-state index in [0.29, 0.717) is 0 Å². The van der Waals surface area contributed by atoms with Crippen molar-refractivity contribution in [3.63, 3.8) is 0 Å². The van der Waals surface area contributed by atoms with Crippen LogP contribution < -0.4 is 0 Å². The topological polar surface area (TPSA) is 12.9 Å². The van der Waals surface area contributed by atoms with Crippen molar-refractivity contribution in [2.75, 3.05) is 0 Å². The van der Waals surface area contributed by atoms with Crippen LogP contribution in [0.15, 0.2) is 32.5 Å². The van der Waals surface area contributed by atoms with Crippen LogP contribution in [0.5, 0.6) is 0 Å². The molecule has 0 amide bonds. The second-order valence-corrected chi connectivity index (χ2v) is 2.74. The van der Waals surface area contributed by atoms with E-state index >= 15 is 0 Å². The molecule has 1 heterocycles. The lowest BCUT2D eigenvalue weighted by Gasteiger charge is -2.07. The van der Waals surface area contributed by atoms with Gasteiger partial charge in [0, 0.05) is 17.3 Å². The molecule has 0 unspecified atom stereocenters. The van der Waals surface area contributed by atoms with Crippen LogP contribution in [0.1, 0.15) is 22.4 Å². The first kappa shape index (κ1) is 10.2. The summed E-state index contributed by atoms with van der Waals surface area (Å²) < 4.78 is 0. The minimum atomic E-state index is 0.820. The lowest BCUT2D eigenvalue weighted by molar-refractivity contribution is 1.26. The minimum Gasteiger partial charge on any atom is -0.256 e. The van der Waals surface area contributed by atoms with E-state index in [1.807, 2.05) is 0 Å². The molecule has 14 heavy (non-hydrogen) atoms. The Morgan fingerprint density at radius 3 is 1.93 bits per heavy atom. The van der Waals surface area contributed by atoms with E-state index in [9.17, 15) is 0 Å². The van der Waals surface area contributed by atoms with Crippen molar-refractivity contribution >= 4 is 24.3 Å². The fourth-order valence-corrected chi connectivity index (χ4v) is 1.34. The maximum Gasteiger partial charge on any atom is 0.0702 e. The average Bonchev–Trinajstić information content (AvgIpc) is 2.26. The summed E-state index contributed by atoms with van der Waals surface area (Å²) in [6.07, 6.45) is 8.76. The summed E-state index contributed by atoms with van der Waals surface area (Å²) in [5, 5.41) is 0. The molecule has 1 heteroatoms. The third-order valence-electron chi connectivity index (χ3n) is 2.04. The fraction of sp³-hybridized carbons (Fsp3) is 0. The van der Waals surface area contributed by atoms with Crippen molar-refractivity contribution in [1.29, 1.82) is 0 Å². The SMILES string of the molecule is C=Cc1cnc(C=C)c(C=C)c1C=C. The highest BCUT2D eigenvalue weighted by Crippen LogP contribution is 2.21. The Hall–Kier alpha value is -1.89. The highest BCUT2D eigenvalue weighted by atomic mass is 14.7. The summed E-state index contributed by atoms with van der Waals surface area (Å²) in [6, 6.07) is 0. The molecule has 0 saturated carbocycles. The fourth-order valence-electron chi connectivity index (χ4n) is 1.34. The highest BCUT2D eigenvalue weighted by Gasteiger charge is 2.05. The summed E-state index contributed by atoms with van der Waals surface area (Å²) in [5.41, 5.74) is 3.73. The zero-order chi connectivity index (χ0) is 10.6. The van der Waals surface area contributed by atoms with Gasteiger partial charge in [-0.2, -0.15) is 0 Å². The Labute approximate surface area is 84.8 Å². The molecule has 0 aliphatic carbocycles. The third kappa shape index (κ3) is 1.57. The van der Waals surface area contributed by atoms with E-state index in [1.165, 1.54) is 0 Å². The number of rotatable bonds is 4. The predicted molar refractivity (Wildman–Crippen MR) is 64.6 cm³/mol. The van der Waals surface area contributed by atoms with Crippen molar-refractivity contribution in [1.82, 2.24) is 4.98 Å². The summed E-state index contributed by atoms with van der Waals surface area (Å²) >= 11 is 0. The lowest BCUT2D eigenvalue weighted by atomic mass is 10.0. The van der Waals surface area contributed by atoms with E-state index in [-0.39, 0.29) is 0 Å². The Balaban J connectivity index is 3.58. The molecule has 1 aromatic rings. The quantitative estimate of drug-likeness (QED) is 0.694. The molecule has 0 atom stereocenters. The van der Waals surface area contributed by atoms with Crippen LogP contribution in [0.3, 0.4) is 0 Å². The van der Waals surface area contributed by atoms with Gasteiger partial charge in [-0.1, -0.05) is 44.5 Å². The average molecular weight is 183 g/mol. The first-order valence-electron chi connectivity index (χ1n) is 4.31. The molecule has 0 fully saturated rings. The second-order valence-electron chi connectivity index (χ2n) is 2.74. The summed E-state index contributed by atoms with van der Waals surface area (Å²) in [4.78, 5) is 4.24. The molecule has 1 nitrogen and oxygen atoms in total. The molecule has 0 bridgehead atoms. The largest absolute Gasteiger partial charge is 0.256 e. The summed E-state index contributed by atoms with van der Waals surface area (Å²) in [7, 11) is 0. The van der Waals surface area contributed by atoms with Crippen LogP contribution in [-0.4, -0.2) is 4.98 Å². The summed E-state index contributed by atoms with van der Waals surface area (Å²) in [6.45, 7) is 14.9. The van der Waals surface area contributed by atoms with Crippen molar-refractivity contribution in [3.05, 3.63) is 54.9 Å². The molecule has 0 saturated heterocycles. The highest BCUT2D eigenvalue weighted by molar-refractivity contribution is 5.76. The first-order valence-corrected chi connectivity index (χ1v) is 4.31. The molecule has 0 aromatic carbocycles. The molecule has 0 aliphatic heterocycles. The Bertz CT molecular complexity index is 361. The van der Waals surface area contributed by atoms with Crippen LogP contribution in [0.2, 0.25) is 0 Å². The van der Waals surface area contributed by atoms with Gasteiger partial charge in [-0.3, -0.25) is 4.98 Å². The van der Waals surface area contributed by atoms with E-state index < -0.39 is 0 Å². The van der Waals surface area contributed by atoms with Gasteiger partial charge in [0.05, 0.1) is 5.69 Å². The van der Waals surface area contributed by atoms with Crippen LogP contribution in [0.25, 0.3) is 24.3 Å². The van der Waals surface area contributed by atoms with Gasteiger partial charge in [0.15, 0.2) is 0 Å². The van der Waals surface area contributed by atoms with E-state index in [1.54, 1.807) is 30.5 Å². The normalized spacial score (nSPS) is 9.14. The van der Waals surface area contributed by atoms with Crippen LogP contribution >= 0.6 is 0 Å². The van der Waals surface area contributed by atoms with Gasteiger partial charge in [0.25, 0.3) is 0 Å². The van der Waals surface area contributed by atoms with Crippen LogP contribution in [0, 0.1) is 0 Å². The van der Waals surface area contributed by atoms with Crippen molar-refractivity contribution < 1.29 is 0 Å². The molecular formula is C13H13N. The van der Waals surface area contributed by atoms with E-state index in [4.69, 9.17) is 0 Å². The number of aromatic nitrogens is 1. The molecule has 0 radical (unpaired) electrons.